The van der Waals surface area contributed by atoms with Gasteiger partial charge >= 0.3 is 5.97 Å². The predicted octanol–water partition coefficient (Wildman–Crippen LogP) is 3.06. The van der Waals surface area contributed by atoms with Gasteiger partial charge in [0.05, 0.1) is 11.1 Å². The maximum absolute atomic E-state index is 13.8. The average Bonchev–Trinajstić information content (AvgIpc) is 3.04. The summed E-state index contributed by atoms with van der Waals surface area (Å²) in [7, 11) is 0. The number of allylic oxidation sites excluding steroid dienone is 1. The van der Waals surface area contributed by atoms with Crippen LogP contribution in [0.2, 0.25) is 0 Å². The van der Waals surface area contributed by atoms with Crippen LogP contribution < -0.4 is 14.7 Å². The molecule has 30 heavy (non-hydrogen) atoms. The summed E-state index contributed by atoms with van der Waals surface area (Å²) in [6, 6.07) is 15.6. The SMILES string of the molecule is O=C(Oc1ccc2c(c1)OC(=Cc1ccccc1F)C2=O)c1cccc([NH+]([O-])O)c1. The molecule has 3 aromatic rings. The van der Waals surface area contributed by atoms with Gasteiger partial charge in [0.2, 0.25) is 5.78 Å². The molecule has 1 aliphatic heterocycles. The van der Waals surface area contributed by atoms with Crippen molar-refractivity contribution in [2.24, 2.45) is 0 Å². The molecule has 3 aromatic carbocycles. The lowest BCUT2D eigenvalue weighted by atomic mass is 10.1. The van der Waals surface area contributed by atoms with E-state index >= 15 is 0 Å². The standard InChI is InChI=1S/C22H14FNO6/c23-18-7-2-1-4-13(18)11-20-21(25)17-9-8-16(12-19(17)30-20)29-22(26)14-5-3-6-15(10-14)24(27)28/h1-12,24,27H. The van der Waals surface area contributed by atoms with Crippen LogP contribution in [0.15, 0.2) is 72.5 Å². The molecule has 0 saturated carbocycles. The molecule has 4 rings (SSSR count). The zero-order chi connectivity index (χ0) is 21.3. The summed E-state index contributed by atoms with van der Waals surface area (Å²) in [5, 5.41) is 18.9. The topological polar surface area (TPSA) is 100 Å². The van der Waals surface area contributed by atoms with Gasteiger partial charge in [-0.3, -0.25) is 4.79 Å². The number of fused-ring (bicyclic) bond motifs is 1. The number of carbonyl (C=O) groups is 2. The van der Waals surface area contributed by atoms with Crippen LogP contribution >= 0.6 is 0 Å². The van der Waals surface area contributed by atoms with E-state index in [0.29, 0.717) is 0 Å². The van der Waals surface area contributed by atoms with E-state index in [1.54, 1.807) is 6.07 Å². The largest absolute Gasteiger partial charge is 0.595 e. The Morgan fingerprint density at radius 2 is 1.90 bits per heavy atom. The van der Waals surface area contributed by atoms with Crippen LogP contribution in [0, 0.1) is 11.0 Å². The third kappa shape index (κ3) is 3.83. The van der Waals surface area contributed by atoms with Crippen LogP contribution in [-0.4, -0.2) is 17.0 Å². The molecule has 1 heterocycles. The van der Waals surface area contributed by atoms with E-state index < -0.39 is 22.8 Å². The van der Waals surface area contributed by atoms with Crippen LogP contribution in [0.1, 0.15) is 26.3 Å². The van der Waals surface area contributed by atoms with E-state index in [2.05, 4.69) is 0 Å². The second kappa shape index (κ2) is 7.88. The summed E-state index contributed by atoms with van der Waals surface area (Å²) < 4.78 is 24.6. The number of benzene rings is 3. The third-order valence-corrected chi connectivity index (χ3v) is 4.39. The maximum Gasteiger partial charge on any atom is 0.343 e. The van der Waals surface area contributed by atoms with Crippen molar-refractivity contribution < 1.29 is 33.9 Å². The molecule has 0 saturated heterocycles. The first-order valence-electron chi connectivity index (χ1n) is 8.81. The molecule has 0 bridgehead atoms. The highest BCUT2D eigenvalue weighted by Crippen LogP contribution is 2.35. The van der Waals surface area contributed by atoms with Crippen LogP contribution in [0.3, 0.4) is 0 Å². The third-order valence-electron chi connectivity index (χ3n) is 4.39. The second-order valence-corrected chi connectivity index (χ2v) is 6.39. The number of rotatable bonds is 4. The molecule has 8 heteroatoms. The number of hydrogen-bond donors (Lipinski definition) is 2. The number of quaternary nitrogens is 1. The van der Waals surface area contributed by atoms with E-state index in [-0.39, 0.29) is 39.6 Å². The molecule has 7 nitrogen and oxygen atoms in total. The van der Waals surface area contributed by atoms with Gasteiger partial charge in [0.1, 0.15) is 17.3 Å². The number of hydrogen-bond acceptors (Lipinski definition) is 6. The highest BCUT2D eigenvalue weighted by Gasteiger charge is 2.28. The van der Waals surface area contributed by atoms with E-state index in [0.717, 1.165) is 0 Å². The highest BCUT2D eigenvalue weighted by atomic mass is 19.1. The quantitative estimate of drug-likeness (QED) is 0.298. The second-order valence-electron chi connectivity index (χ2n) is 6.39. The Morgan fingerprint density at radius 1 is 1.10 bits per heavy atom. The molecular weight excluding hydrogens is 393 g/mol. The number of ether oxygens (including phenoxy) is 2. The zero-order valence-corrected chi connectivity index (χ0v) is 15.3. The summed E-state index contributed by atoms with van der Waals surface area (Å²) >= 11 is 0. The van der Waals surface area contributed by atoms with Crippen molar-refractivity contribution in [1.82, 2.24) is 0 Å². The molecule has 0 fully saturated rings. The van der Waals surface area contributed by atoms with Gasteiger partial charge in [-0.1, -0.05) is 24.3 Å². The van der Waals surface area contributed by atoms with Gasteiger partial charge in [-0.05, 0) is 30.3 Å². The fourth-order valence-electron chi connectivity index (χ4n) is 2.91. The molecule has 0 aliphatic carbocycles. The lowest BCUT2D eigenvalue weighted by Crippen LogP contribution is -2.99. The fraction of sp³-hybridized carbons (Fsp3) is 0. The number of halogens is 1. The van der Waals surface area contributed by atoms with Crippen LogP contribution in [0.4, 0.5) is 10.1 Å². The van der Waals surface area contributed by atoms with Crippen LogP contribution in [0.5, 0.6) is 11.5 Å². The number of Topliss-reactive ketones (excluding diaryl/α,β-unsaturated/α-hetero) is 1. The predicted molar refractivity (Wildman–Crippen MR) is 103 cm³/mol. The molecule has 1 aliphatic rings. The van der Waals surface area contributed by atoms with Crippen molar-refractivity contribution in [3.05, 3.63) is 100 Å². The summed E-state index contributed by atoms with van der Waals surface area (Å²) in [6.45, 7) is 0. The van der Waals surface area contributed by atoms with Crippen LogP contribution in [-0.2, 0) is 0 Å². The normalized spacial score (nSPS) is 14.9. The Kier molecular flexibility index (Phi) is 5.11. The fourth-order valence-corrected chi connectivity index (χ4v) is 2.91. The first-order valence-corrected chi connectivity index (χ1v) is 8.81. The Bertz CT molecular complexity index is 1190. The average molecular weight is 407 g/mol. The van der Waals surface area contributed by atoms with Gasteiger partial charge in [0.15, 0.2) is 11.4 Å². The Labute approximate surface area is 169 Å². The van der Waals surface area contributed by atoms with Crippen molar-refractivity contribution in [3.63, 3.8) is 0 Å². The zero-order valence-electron chi connectivity index (χ0n) is 15.3. The molecule has 1 unspecified atom stereocenters. The summed E-state index contributed by atoms with van der Waals surface area (Å²) in [4.78, 5) is 24.8. The van der Waals surface area contributed by atoms with Gasteiger partial charge in [-0.2, -0.15) is 5.23 Å². The van der Waals surface area contributed by atoms with E-state index in [4.69, 9.17) is 14.7 Å². The van der Waals surface area contributed by atoms with Crippen molar-refractivity contribution in [1.29, 1.82) is 0 Å². The maximum atomic E-state index is 13.8. The summed E-state index contributed by atoms with van der Waals surface area (Å²) in [5.74, 6) is -1.43. The highest BCUT2D eigenvalue weighted by molar-refractivity contribution is 6.14. The Morgan fingerprint density at radius 3 is 2.67 bits per heavy atom. The molecule has 0 amide bonds. The van der Waals surface area contributed by atoms with Gasteiger partial charge in [0.25, 0.3) is 0 Å². The monoisotopic (exact) mass is 407 g/mol. The van der Waals surface area contributed by atoms with E-state index in [1.807, 2.05) is 0 Å². The van der Waals surface area contributed by atoms with Gasteiger partial charge in [0, 0.05) is 23.8 Å². The first-order chi connectivity index (χ1) is 14.4. The van der Waals surface area contributed by atoms with E-state index in [9.17, 15) is 19.2 Å². The summed E-state index contributed by atoms with van der Waals surface area (Å²) in [6.07, 6.45) is 1.31. The Hall–Kier alpha value is -3.85. The van der Waals surface area contributed by atoms with Crippen molar-refractivity contribution in [2.45, 2.75) is 0 Å². The minimum atomic E-state index is -1.16. The Balaban J connectivity index is 1.55. The number of ketones is 1. The lowest BCUT2D eigenvalue weighted by molar-refractivity contribution is -0.991. The van der Waals surface area contributed by atoms with E-state index in [1.165, 1.54) is 66.7 Å². The molecule has 0 aromatic heterocycles. The van der Waals surface area contributed by atoms with Gasteiger partial charge in [-0.25, -0.2) is 14.4 Å². The van der Waals surface area contributed by atoms with Crippen LogP contribution in [0.25, 0.3) is 6.08 Å². The smallest absolute Gasteiger partial charge is 0.343 e. The lowest BCUT2D eigenvalue weighted by Gasteiger charge is -2.12. The molecular formula is C22H14FNO6. The molecule has 150 valence electrons. The van der Waals surface area contributed by atoms with Gasteiger partial charge in [-0.15, -0.1) is 0 Å². The molecule has 1 atom stereocenters. The van der Waals surface area contributed by atoms with Gasteiger partial charge < -0.3 is 14.7 Å². The van der Waals surface area contributed by atoms with Crippen molar-refractivity contribution in [3.8, 4) is 11.5 Å². The number of esters is 1. The molecule has 0 radical (unpaired) electrons. The summed E-state index contributed by atoms with van der Waals surface area (Å²) in [5.41, 5.74) is 0.478. The van der Waals surface area contributed by atoms with Crippen molar-refractivity contribution in [2.75, 3.05) is 0 Å². The minimum Gasteiger partial charge on any atom is -0.595 e. The van der Waals surface area contributed by atoms with Crippen molar-refractivity contribution >= 4 is 23.5 Å². The minimum absolute atomic E-state index is 0.0461. The molecule has 2 N–H and O–H groups in total. The molecule has 0 spiro atoms. The first kappa shape index (κ1) is 19.5. The number of nitrogens with one attached hydrogen (secondary N) is 1. The number of carbonyl (C=O) groups excluding carboxylic acids is 2.